The van der Waals surface area contributed by atoms with Gasteiger partial charge in [-0.3, -0.25) is 9.32 Å². The number of carbonyl (C=O) groups excluding carboxylic acids is 1. The van der Waals surface area contributed by atoms with Crippen molar-refractivity contribution in [3.63, 3.8) is 0 Å². The summed E-state index contributed by atoms with van der Waals surface area (Å²) >= 11 is 0. The molecular weight excluding hydrogens is 294 g/mol. The number of aromatic nitrogens is 2. The number of hydrogen-bond acceptors (Lipinski definition) is 4. The monoisotopic (exact) mass is 317 g/mol. The van der Waals surface area contributed by atoms with Gasteiger partial charge in [0.1, 0.15) is 6.54 Å². The molecule has 2 rings (SSSR count). The number of unbranched alkanes of at least 4 members (excludes halogenated alkanes) is 3. The smallest absolute Gasteiger partial charge is 0.355 e. The lowest BCUT2D eigenvalue weighted by Gasteiger charge is -2.08. The summed E-state index contributed by atoms with van der Waals surface area (Å²) in [4.78, 5) is 23.9. The second-order valence-corrected chi connectivity index (χ2v) is 5.58. The zero-order chi connectivity index (χ0) is 16.7. The van der Waals surface area contributed by atoms with Gasteiger partial charge < -0.3 is 5.32 Å². The van der Waals surface area contributed by atoms with Gasteiger partial charge in [-0.1, -0.05) is 55.6 Å². The Balaban J connectivity index is 2.03. The van der Waals surface area contributed by atoms with Crippen LogP contribution >= 0.6 is 0 Å². The molecule has 0 saturated heterocycles. The van der Waals surface area contributed by atoms with E-state index >= 15 is 0 Å². The number of nitrogens with zero attached hydrogens (tertiary/aromatic N) is 2. The van der Waals surface area contributed by atoms with Gasteiger partial charge in [0, 0.05) is 12.1 Å². The van der Waals surface area contributed by atoms with Gasteiger partial charge in [-0.2, -0.15) is 0 Å². The molecule has 1 aromatic carbocycles. The normalized spacial score (nSPS) is 10.7. The predicted molar refractivity (Wildman–Crippen MR) is 88.1 cm³/mol. The first-order chi connectivity index (χ1) is 11.1. The summed E-state index contributed by atoms with van der Waals surface area (Å²) in [6.45, 7) is 4.61. The molecule has 0 aliphatic carbocycles. The Morgan fingerprint density at radius 2 is 2.04 bits per heavy atom. The van der Waals surface area contributed by atoms with E-state index in [2.05, 4.69) is 17.4 Å². The molecule has 0 fully saturated rings. The van der Waals surface area contributed by atoms with Crippen molar-refractivity contribution in [2.24, 2.45) is 0 Å². The van der Waals surface area contributed by atoms with Gasteiger partial charge in [-0.25, -0.2) is 9.36 Å². The van der Waals surface area contributed by atoms with Crippen LogP contribution in [-0.2, 0) is 11.3 Å². The number of rotatable bonds is 8. The van der Waals surface area contributed by atoms with E-state index < -0.39 is 5.76 Å². The number of benzene rings is 1. The zero-order valence-corrected chi connectivity index (χ0v) is 13.7. The minimum atomic E-state index is -0.621. The summed E-state index contributed by atoms with van der Waals surface area (Å²) in [5.74, 6) is -0.444. The number of hydrogen-bond donors (Lipinski definition) is 1. The number of amides is 1. The van der Waals surface area contributed by atoms with Crippen LogP contribution in [-0.4, -0.2) is 22.2 Å². The quantitative estimate of drug-likeness (QED) is 0.759. The Bertz CT molecular complexity index is 703. The fourth-order valence-corrected chi connectivity index (χ4v) is 2.40. The maximum Gasteiger partial charge on any atom is 0.442 e. The highest BCUT2D eigenvalue weighted by Gasteiger charge is 2.16. The summed E-state index contributed by atoms with van der Waals surface area (Å²) in [5, 5.41) is 6.65. The lowest BCUT2D eigenvalue weighted by atomic mass is 10.1. The van der Waals surface area contributed by atoms with Gasteiger partial charge in [0.05, 0.1) is 0 Å². The minimum Gasteiger partial charge on any atom is -0.355 e. The van der Waals surface area contributed by atoms with Gasteiger partial charge in [0.2, 0.25) is 5.91 Å². The van der Waals surface area contributed by atoms with Crippen molar-refractivity contribution in [1.29, 1.82) is 0 Å². The van der Waals surface area contributed by atoms with Crippen LogP contribution in [0, 0.1) is 6.92 Å². The summed E-state index contributed by atoms with van der Waals surface area (Å²) in [6.07, 6.45) is 4.36. The summed E-state index contributed by atoms with van der Waals surface area (Å²) in [7, 11) is 0. The van der Waals surface area contributed by atoms with Gasteiger partial charge in [-0.15, -0.1) is 0 Å². The van der Waals surface area contributed by atoms with E-state index in [-0.39, 0.29) is 12.5 Å². The van der Waals surface area contributed by atoms with Gasteiger partial charge in [0.25, 0.3) is 0 Å². The highest BCUT2D eigenvalue weighted by atomic mass is 16.5. The van der Waals surface area contributed by atoms with Crippen molar-refractivity contribution in [3.8, 4) is 11.4 Å². The molecule has 0 spiro atoms. The van der Waals surface area contributed by atoms with E-state index in [4.69, 9.17) is 4.52 Å². The second-order valence-electron chi connectivity index (χ2n) is 5.58. The Morgan fingerprint density at radius 1 is 1.26 bits per heavy atom. The van der Waals surface area contributed by atoms with Gasteiger partial charge >= 0.3 is 5.76 Å². The van der Waals surface area contributed by atoms with Crippen LogP contribution in [0.15, 0.2) is 33.6 Å². The lowest BCUT2D eigenvalue weighted by molar-refractivity contribution is -0.121. The molecule has 0 unspecified atom stereocenters. The van der Waals surface area contributed by atoms with E-state index in [0.29, 0.717) is 12.4 Å². The molecular formula is C17H23N3O3. The Morgan fingerprint density at radius 3 is 2.78 bits per heavy atom. The van der Waals surface area contributed by atoms with Crippen LogP contribution in [0.1, 0.15) is 38.2 Å². The van der Waals surface area contributed by atoms with E-state index in [1.54, 1.807) is 0 Å². The first-order valence-corrected chi connectivity index (χ1v) is 8.02. The molecule has 23 heavy (non-hydrogen) atoms. The molecule has 1 amide bonds. The molecule has 0 radical (unpaired) electrons. The van der Waals surface area contributed by atoms with Crippen LogP contribution in [0.25, 0.3) is 11.4 Å². The SMILES string of the molecule is CCCCCCNC(=O)Cn1c(-c2ccccc2C)noc1=O. The maximum absolute atomic E-state index is 12.0. The molecule has 0 bridgehead atoms. The molecule has 6 nitrogen and oxygen atoms in total. The lowest BCUT2D eigenvalue weighted by Crippen LogP contribution is -2.31. The number of carbonyl (C=O) groups is 1. The largest absolute Gasteiger partial charge is 0.442 e. The number of nitrogens with one attached hydrogen (secondary N) is 1. The molecule has 124 valence electrons. The van der Waals surface area contributed by atoms with Crippen molar-refractivity contribution >= 4 is 5.91 Å². The Kier molecular flexibility index (Phi) is 6.14. The molecule has 0 aliphatic heterocycles. The van der Waals surface area contributed by atoms with Gasteiger partial charge in [-0.05, 0) is 18.9 Å². The molecule has 1 aromatic heterocycles. The molecule has 1 heterocycles. The van der Waals surface area contributed by atoms with Crippen molar-refractivity contribution < 1.29 is 9.32 Å². The fraction of sp³-hybridized carbons (Fsp3) is 0.471. The standard InChI is InChI=1S/C17H23N3O3/c1-3-4-5-8-11-18-15(21)12-20-16(19-23-17(20)22)14-10-7-6-9-13(14)2/h6-7,9-10H,3-5,8,11-12H2,1-2H3,(H,18,21). The van der Waals surface area contributed by atoms with E-state index in [9.17, 15) is 9.59 Å². The van der Waals surface area contributed by atoms with Crippen molar-refractivity contribution in [3.05, 3.63) is 40.4 Å². The minimum absolute atomic E-state index is 0.0836. The Hall–Kier alpha value is -2.37. The third-order valence-corrected chi connectivity index (χ3v) is 3.73. The van der Waals surface area contributed by atoms with Gasteiger partial charge in [0.15, 0.2) is 5.82 Å². The van der Waals surface area contributed by atoms with Crippen LogP contribution in [0.2, 0.25) is 0 Å². The van der Waals surface area contributed by atoms with E-state index in [0.717, 1.165) is 30.4 Å². The summed E-state index contributed by atoms with van der Waals surface area (Å²) in [6, 6.07) is 7.54. The molecule has 0 atom stereocenters. The average molecular weight is 317 g/mol. The maximum atomic E-state index is 12.0. The first-order valence-electron chi connectivity index (χ1n) is 8.02. The molecule has 1 N–H and O–H groups in total. The molecule has 0 saturated carbocycles. The third-order valence-electron chi connectivity index (χ3n) is 3.73. The molecule has 0 aliphatic rings. The highest BCUT2D eigenvalue weighted by Crippen LogP contribution is 2.19. The van der Waals surface area contributed by atoms with Crippen LogP contribution in [0.3, 0.4) is 0 Å². The van der Waals surface area contributed by atoms with Crippen LogP contribution in [0.5, 0.6) is 0 Å². The number of aryl methyl sites for hydroxylation is 1. The topological polar surface area (TPSA) is 77.1 Å². The van der Waals surface area contributed by atoms with E-state index in [1.165, 1.54) is 11.0 Å². The first kappa shape index (κ1) is 17.0. The Labute approximate surface area is 135 Å². The predicted octanol–water partition coefficient (Wildman–Crippen LogP) is 2.51. The highest BCUT2D eigenvalue weighted by molar-refractivity contribution is 5.76. The van der Waals surface area contributed by atoms with E-state index in [1.807, 2.05) is 31.2 Å². The van der Waals surface area contributed by atoms with Crippen molar-refractivity contribution in [2.75, 3.05) is 6.54 Å². The van der Waals surface area contributed by atoms with Crippen molar-refractivity contribution in [2.45, 2.75) is 46.1 Å². The summed E-state index contributed by atoms with van der Waals surface area (Å²) in [5.41, 5.74) is 1.75. The summed E-state index contributed by atoms with van der Waals surface area (Å²) < 4.78 is 6.01. The third kappa shape index (κ3) is 4.55. The zero-order valence-electron chi connectivity index (χ0n) is 13.7. The van der Waals surface area contributed by atoms with Crippen LogP contribution in [0.4, 0.5) is 0 Å². The fourth-order valence-electron chi connectivity index (χ4n) is 2.40. The molecule has 6 heteroatoms. The molecule has 2 aromatic rings. The second kappa shape index (κ2) is 8.31. The average Bonchev–Trinajstić information content (AvgIpc) is 2.89. The van der Waals surface area contributed by atoms with Crippen LogP contribution < -0.4 is 11.1 Å². The van der Waals surface area contributed by atoms with Crippen molar-refractivity contribution in [1.82, 2.24) is 15.0 Å².